The van der Waals surface area contributed by atoms with Crippen LogP contribution in [0.4, 0.5) is 0 Å². The van der Waals surface area contributed by atoms with E-state index < -0.39 is 8.07 Å². The molecule has 0 saturated heterocycles. The predicted octanol–water partition coefficient (Wildman–Crippen LogP) is 0.555. The van der Waals surface area contributed by atoms with Gasteiger partial charge in [-0.3, -0.25) is 0 Å². The van der Waals surface area contributed by atoms with Gasteiger partial charge in [0.15, 0.2) is 0 Å². The van der Waals surface area contributed by atoms with Gasteiger partial charge in [-0.25, -0.2) is 0 Å². The van der Waals surface area contributed by atoms with E-state index in [-0.39, 0.29) is 46.3 Å². The van der Waals surface area contributed by atoms with Crippen molar-refractivity contribution in [1.82, 2.24) is 0 Å². The lowest BCUT2D eigenvalue weighted by molar-refractivity contribution is -0.0441. The Kier molecular flexibility index (Phi) is 17.0. The van der Waals surface area contributed by atoms with Gasteiger partial charge in [-0.05, 0) is 0 Å². The van der Waals surface area contributed by atoms with Crippen molar-refractivity contribution in [2.45, 2.75) is 60.6 Å². The third-order valence-electron chi connectivity index (χ3n) is 5.24. The highest BCUT2D eigenvalue weighted by Gasteiger charge is 2.27. The third kappa shape index (κ3) is 12.2. The summed E-state index contributed by atoms with van der Waals surface area (Å²) in [4.78, 5) is 0. The smallest absolute Gasteiger partial charge is 0.134 e. The molecule has 0 aliphatic rings. The second-order valence-electron chi connectivity index (χ2n) is 7.19. The number of methoxy groups -OCH3 is 6. The molecule has 6 nitrogen and oxygen atoms in total. The molecule has 0 unspecified atom stereocenters. The number of hydrogen-bond acceptors (Lipinski definition) is 6. The minimum atomic E-state index is -1.26. The molecule has 0 aromatic heterocycles. The Morgan fingerprint density at radius 2 is 0.769 bits per heavy atom. The molecule has 26 heavy (non-hydrogen) atoms. The van der Waals surface area contributed by atoms with Crippen molar-refractivity contribution in [1.29, 1.82) is 0 Å². The Balaban J connectivity index is 4.52. The molecule has 0 bridgehead atoms. The lowest BCUT2D eigenvalue weighted by atomic mass is 10.9. The average molecular weight is 443 g/mol. The number of hydrogen-bond donors (Lipinski definition) is 0. The zero-order valence-corrected chi connectivity index (χ0v) is 23.3. The van der Waals surface area contributed by atoms with Crippen molar-refractivity contribution in [3.63, 3.8) is 0 Å². The first-order valence-electron chi connectivity index (χ1n) is 9.65. The monoisotopic (exact) mass is 442 g/mol. The fourth-order valence-corrected chi connectivity index (χ4v) is 19.3. The van der Waals surface area contributed by atoms with E-state index in [0.717, 1.165) is 0 Å². The van der Waals surface area contributed by atoms with Crippen LogP contribution in [0.5, 0.6) is 0 Å². The maximum atomic E-state index is 5.40. The molecule has 10 heteroatoms. The van der Waals surface area contributed by atoms with Crippen LogP contribution in [0.2, 0.25) is 42.8 Å². The zero-order chi connectivity index (χ0) is 19.8. The van der Waals surface area contributed by atoms with Gasteiger partial charge in [0, 0.05) is 50.7 Å². The van der Waals surface area contributed by atoms with Crippen molar-refractivity contribution < 1.29 is 28.4 Å². The Bertz CT molecular complexity index is 270. The fourth-order valence-electron chi connectivity index (χ4n) is 3.46. The zero-order valence-electron chi connectivity index (χ0n) is 18.0. The normalized spacial score (nSPS) is 15.9. The summed E-state index contributed by atoms with van der Waals surface area (Å²) in [5.41, 5.74) is 0. The Labute approximate surface area is 168 Å². The quantitative estimate of drug-likeness (QED) is 0.228. The Morgan fingerprint density at radius 3 is 0.962 bits per heavy atom. The van der Waals surface area contributed by atoms with Crippen LogP contribution in [-0.2, 0) is 28.4 Å². The van der Waals surface area contributed by atoms with Gasteiger partial charge >= 0.3 is 0 Å². The SMILES string of the molecule is COC(OC)[SiH2]CC[Si](C)(CC[SiH2]C(OC)OC)CC[SiH2]C(OC)OC. The molecule has 0 rings (SSSR count). The van der Waals surface area contributed by atoms with Crippen LogP contribution in [-0.4, -0.2) is 97.0 Å². The standard InChI is InChI=1S/C16H42O6Si4/c1-17-14(18-2)23-8-11-26(7,12-9-24-15(19-3)20-4)13-10-25-16(21-5)22-6/h14-16H,8-13,23-25H2,1-7H3. The molecule has 0 aromatic rings. The van der Waals surface area contributed by atoms with E-state index in [9.17, 15) is 0 Å². The second-order valence-corrected chi connectivity index (χ2v) is 18.2. The van der Waals surface area contributed by atoms with E-state index in [1.165, 1.54) is 36.3 Å². The van der Waals surface area contributed by atoms with Gasteiger partial charge in [0.2, 0.25) is 0 Å². The average Bonchev–Trinajstić information content (AvgIpc) is 2.66. The van der Waals surface area contributed by atoms with E-state index in [0.29, 0.717) is 0 Å². The molecule has 0 atom stereocenters. The first-order chi connectivity index (χ1) is 12.5. The van der Waals surface area contributed by atoms with Crippen molar-refractivity contribution in [3.05, 3.63) is 0 Å². The fraction of sp³-hybridized carbons (Fsp3) is 1.00. The maximum Gasteiger partial charge on any atom is 0.134 e. The van der Waals surface area contributed by atoms with E-state index >= 15 is 0 Å². The first kappa shape index (κ1) is 26.6. The topological polar surface area (TPSA) is 55.4 Å². The van der Waals surface area contributed by atoms with E-state index in [2.05, 4.69) is 6.55 Å². The van der Waals surface area contributed by atoms with Crippen LogP contribution >= 0.6 is 0 Å². The molecule has 0 amide bonds. The maximum absolute atomic E-state index is 5.40. The van der Waals surface area contributed by atoms with Crippen LogP contribution in [0.25, 0.3) is 0 Å². The van der Waals surface area contributed by atoms with Crippen LogP contribution in [0, 0.1) is 0 Å². The van der Waals surface area contributed by atoms with Crippen LogP contribution < -0.4 is 0 Å². The summed E-state index contributed by atoms with van der Waals surface area (Å²) in [6.07, 6.45) is 0. The molecule has 0 radical (unpaired) electrons. The molecule has 0 aromatic carbocycles. The lowest BCUT2D eigenvalue weighted by Crippen LogP contribution is -2.34. The largest absolute Gasteiger partial charge is 0.360 e. The van der Waals surface area contributed by atoms with E-state index in [4.69, 9.17) is 28.4 Å². The molecule has 0 aliphatic carbocycles. The first-order valence-corrected chi connectivity index (χ1v) is 18.2. The minimum Gasteiger partial charge on any atom is -0.360 e. The van der Waals surface area contributed by atoms with Gasteiger partial charge in [-0.15, -0.1) is 0 Å². The van der Waals surface area contributed by atoms with Gasteiger partial charge < -0.3 is 28.4 Å². The minimum absolute atomic E-state index is 0.0646. The lowest BCUT2D eigenvalue weighted by Gasteiger charge is -2.29. The highest BCUT2D eigenvalue weighted by Crippen LogP contribution is 2.27. The highest BCUT2D eigenvalue weighted by atomic mass is 28.3. The third-order valence-corrected chi connectivity index (χ3v) is 17.7. The number of rotatable bonds is 18. The Hall–Kier alpha value is 0.628. The van der Waals surface area contributed by atoms with Crippen molar-refractivity contribution in [2.75, 3.05) is 42.7 Å². The molecule has 0 fully saturated rings. The number of ether oxygens (including phenoxy) is 6. The highest BCUT2D eigenvalue weighted by molar-refractivity contribution is 6.80. The summed E-state index contributed by atoms with van der Waals surface area (Å²) in [5.74, 6) is 0.194. The van der Waals surface area contributed by atoms with Crippen LogP contribution in [0.15, 0.2) is 0 Å². The van der Waals surface area contributed by atoms with Crippen molar-refractivity contribution in [2.24, 2.45) is 0 Å². The molecular formula is C16H42O6Si4. The molecule has 0 spiro atoms. The summed E-state index contributed by atoms with van der Waals surface area (Å²) >= 11 is 0. The molecule has 0 heterocycles. The summed E-state index contributed by atoms with van der Waals surface area (Å²) in [7, 11) is 8.24. The molecule has 0 saturated carbocycles. The summed E-state index contributed by atoms with van der Waals surface area (Å²) < 4.78 is 32.4. The van der Waals surface area contributed by atoms with Gasteiger partial charge in [0.25, 0.3) is 0 Å². The van der Waals surface area contributed by atoms with Gasteiger partial charge in [-0.2, -0.15) is 0 Å². The van der Waals surface area contributed by atoms with Gasteiger partial charge in [0.1, 0.15) is 17.7 Å². The summed E-state index contributed by atoms with van der Waals surface area (Å²) in [5, 5.41) is 0. The van der Waals surface area contributed by atoms with E-state index in [1.807, 2.05) is 0 Å². The van der Waals surface area contributed by atoms with Gasteiger partial charge in [-0.1, -0.05) is 42.8 Å². The Morgan fingerprint density at radius 1 is 0.538 bits per heavy atom. The van der Waals surface area contributed by atoms with Crippen LogP contribution in [0.1, 0.15) is 0 Å². The molecule has 158 valence electrons. The second kappa shape index (κ2) is 16.6. The van der Waals surface area contributed by atoms with E-state index in [1.54, 1.807) is 42.7 Å². The van der Waals surface area contributed by atoms with Crippen molar-refractivity contribution in [3.8, 4) is 0 Å². The van der Waals surface area contributed by atoms with Crippen molar-refractivity contribution >= 4 is 36.6 Å². The molecular weight excluding hydrogens is 401 g/mol. The molecule has 0 N–H and O–H groups in total. The van der Waals surface area contributed by atoms with Crippen LogP contribution in [0.3, 0.4) is 0 Å². The van der Waals surface area contributed by atoms with Gasteiger partial charge in [0.05, 0.1) is 28.6 Å². The molecule has 0 aliphatic heterocycles. The predicted molar refractivity (Wildman–Crippen MR) is 120 cm³/mol. The summed E-state index contributed by atoms with van der Waals surface area (Å²) in [6.45, 7) is 2.59. The summed E-state index contributed by atoms with van der Waals surface area (Å²) in [6, 6.07) is 8.11.